The molecule has 2 rings (SSSR count). The summed E-state index contributed by atoms with van der Waals surface area (Å²) in [5.74, 6) is 0.919. The number of ether oxygens (including phenoxy) is 1. The Morgan fingerprint density at radius 3 is 2.65 bits per heavy atom. The number of methoxy groups -OCH3 is 1. The van der Waals surface area contributed by atoms with Gasteiger partial charge < -0.3 is 10.5 Å². The molecule has 1 atom stereocenters. The largest absolute Gasteiger partial charge is 0.496 e. The zero-order valence-electron chi connectivity index (χ0n) is 11.7. The lowest BCUT2D eigenvalue weighted by Gasteiger charge is -2.26. The maximum Gasteiger partial charge on any atom is 0.123 e. The van der Waals surface area contributed by atoms with Crippen LogP contribution < -0.4 is 10.5 Å². The highest BCUT2D eigenvalue weighted by atomic mass is 79.9. The Bertz CT molecular complexity index is 558. The van der Waals surface area contributed by atoms with Crippen molar-refractivity contribution in [3.05, 3.63) is 50.6 Å². The summed E-state index contributed by atoms with van der Waals surface area (Å²) >= 11 is 5.24. The van der Waals surface area contributed by atoms with Crippen LogP contribution in [0.15, 0.2) is 40.2 Å². The molecule has 5 heteroatoms. The van der Waals surface area contributed by atoms with Crippen LogP contribution in [0, 0.1) is 0 Å². The fourth-order valence-corrected chi connectivity index (χ4v) is 3.84. The zero-order chi connectivity index (χ0) is 14.5. The van der Waals surface area contributed by atoms with Crippen molar-refractivity contribution in [3.8, 4) is 5.75 Å². The summed E-state index contributed by atoms with van der Waals surface area (Å²) in [6.45, 7) is 1.40. The highest BCUT2D eigenvalue weighted by Gasteiger charge is 2.18. The third-order valence-electron chi connectivity index (χ3n) is 3.29. The van der Waals surface area contributed by atoms with Crippen LogP contribution in [0.5, 0.6) is 5.75 Å². The number of nitrogens with zero attached hydrogens (tertiary/aromatic N) is 1. The first-order chi connectivity index (χ1) is 9.65. The molecular weight excluding hydrogens is 336 g/mol. The molecule has 0 aliphatic carbocycles. The normalized spacial score (nSPS) is 12.7. The van der Waals surface area contributed by atoms with Crippen molar-refractivity contribution in [1.82, 2.24) is 4.90 Å². The van der Waals surface area contributed by atoms with E-state index in [0.29, 0.717) is 6.54 Å². The van der Waals surface area contributed by atoms with Gasteiger partial charge in [-0.05, 0) is 41.2 Å². The number of hydrogen-bond acceptors (Lipinski definition) is 4. The molecule has 108 valence electrons. The molecule has 2 aromatic rings. The average molecular weight is 355 g/mol. The minimum absolute atomic E-state index is 0.219. The summed E-state index contributed by atoms with van der Waals surface area (Å²) in [5, 5.41) is 0. The van der Waals surface area contributed by atoms with Gasteiger partial charge in [-0.2, -0.15) is 0 Å². The fraction of sp³-hybridized carbons (Fsp3) is 0.333. The Balaban J connectivity index is 2.15. The van der Waals surface area contributed by atoms with Gasteiger partial charge in [0, 0.05) is 23.5 Å². The summed E-state index contributed by atoms with van der Waals surface area (Å²) in [5.41, 5.74) is 7.13. The lowest BCUT2D eigenvalue weighted by atomic mass is 10.1. The van der Waals surface area contributed by atoms with E-state index < -0.39 is 0 Å². The molecule has 20 heavy (non-hydrogen) atoms. The first-order valence-corrected chi connectivity index (χ1v) is 8.04. The molecule has 0 spiro atoms. The molecular formula is C15H19BrN2OS. The van der Waals surface area contributed by atoms with E-state index in [1.165, 1.54) is 10.4 Å². The smallest absolute Gasteiger partial charge is 0.123 e. The maximum atomic E-state index is 5.96. The molecule has 1 aromatic carbocycles. The summed E-state index contributed by atoms with van der Waals surface area (Å²) in [6, 6.07) is 12.5. The molecule has 0 aliphatic rings. The Hall–Kier alpha value is -0.880. The zero-order valence-corrected chi connectivity index (χ0v) is 14.1. The van der Waals surface area contributed by atoms with E-state index >= 15 is 0 Å². The van der Waals surface area contributed by atoms with Crippen LogP contribution in [0.2, 0.25) is 0 Å². The van der Waals surface area contributed by atoms with E-state index in [9.17, 15) is 0 Å². The molecule has 0 saturated carbocycles. The molecule has 1 heterocycles. The van der Waals surface area contributed by atoms with Gasteiger partial charge in [-0.15, -0.1) is 11.3 Å². The maximum absolute atomic E-state index is 5.96. The van der Waals surface area contributed by atoms with Crippen LogP contribution in [0.1, 0.15) is 16.5 Å². The first kappa shape index (κ1) is 15.5. The van der Waals surface area contributed by atoms with Crippen molar-refractivity contribution in [2.45, 2.75) is 12.6 Å². The number of thiophene rings is 1. The molecule has 0 saturated heterocycles. The van der Waals surface area contributed by atoms with Gasteiger partial charge in [0.2, 0.25) is 0 Å². The van der Waals surface area contributed by atoms with E-state index in [1.807, 2.05) is 18.2 Å². The molecule has 1 aromatic heterocycles. The van der Waals surface area contributed by atoms with E-state index in [4.69, 9.17) is 10.5 Å². The lowest BCUT2D eigenvalue weighted by Crippen LogP contribution is -2.29. The Kier molecular flexibility index (Phi) is 5.60. The van der Waals surface area contributed by atoms with Crippen LogP contribution in [-0.2, 0) is 6.54 Å². The molecule has 0 aliphatic heterocycles. The van der Waals surface area contributed by atoms with Gasteiger partial charge in [0.15, 0.2) is 0 Å². The van der Waals surface area contributed by atoms with Crippen molar-refractivity contribution in [2.75, 3.05) is 20.7 Å². The topological polar surface area (TPSA) is 38.5 Å². The molecule has 0 fully saturated rings. The van der Waals surface area contributed by atoms with Crippen molar-refractivity contribution in [1.29, 1.82) is 0 Å². The molecule has 0 radical (unpaired) electrons. The van der Waals surface area contributed by atoms with E-state index in [0.717, 1.165) is 16.1 Å². The molecule has 3 nitrogen and oxygen atoms in total. The van der Waals surface area contributed by atoms with Gasteiger partial charge in [-0.25, -0.2) is 0 Å². The molecule has 2 N–H and O–H groups in total. The summed E-state index contributed by atoms with van der Waals surface area (Å²) in [7, 11) is 3.80. The van der Waals surface area contributed by atoms with Crippen molar-refractivity contribution >= 4 is 27.3 Å². The fourth-order valence-electron chi connectivity index (χ4n) is 2.23. The van der Waals surface area contributed by atoms with Gasteiger partial charge in [-0.3, -0.25) is 4.90 Å². The number of benzene rings is 1. The van der Waals surface area contributed by atoms with Crippen LogP contribution in [0.4, 0.5) is 0 Å². The monoisotopic (exact) mass is 354 g/mol. The molecule has 0 amide bonds. The van der Waals surface area contributed by atoms with Gasteiger partial charge in [0.25, 0.3) is 0 Å². The highest BCUT2D eigenvalue weighted by Crippen LogP contribution is 2.31. The van der Waals surface area contributed by atoms with Crippen molar-refractivity contribution < 1.29 is 4.74 Å². The lowest BCUT2D eigenvalue weighted by molar-refractivity contribution is 0.241. The molecule has 0 bridgehead atoms. The summed E-state index contributed by atoms with van der Waals surface area (Å²) in [4.78, 5) is 3.53. The van der Waals surface area contributed by atoms with Crippen LogP contribution in [-0.4, -0.2) is 25.6 Å². The average Bonchev–Trinajstić information content (AvgIpc) is 2.86. The predicted octanol–water partition coefficient (Wildman–Crippen LogP) is 3.65. The van der Waals surface area contributed by atoms with Gasteiger partial charge in [-0.1, -0.05) is 18.2 Å². The van der Waals surface area contributed by atoms with Crippen molar-refractivity contribution in [3.63, 3.8) is 0 Å². The van der Waals surface area contributed by atoms with Gasteiger partial charge in [0.05, 0.1) is 16.9 Å². The SMILES string of the molecule is COc1ccccc1CN(C)C(CN)c1ccc(Br)s1. The minimum Gasteiger partial charge on any atom is -0.496 e. The number of halogens is 1. The highest BCUT2D eigenvalue weighted by molar-refractivity contribution is 9.11. The number of likely N-dealkylation sites (N-methyl/N-ethyl adjacent to an activating group) is 1. The van der Waals surface area contributed by atoms with E-state index in [1.54, 1.807) is 18.4 Å². The minimum atomic E-state index is 0.219. The van der Waals surface area contributed by atoms with E-state index in [-0.39, 0.29) is 6.04 Å². The Morgan fingerprint density at radius 1 is 1.30 bits per heavy atom. The number of para-hydroxylation sites is 1. The second kappa shape index (κ2) is 7.22. The first-order valence-electron chi connectivity index (χ1n) is 6.43. The quantitative estimate of drug-likeness (QED) is 0.860. The van der Waals surface area contributed by atoms with Crippen LogP contribution >= 0.6 is 27.3 Å². The Morgan fingerprint density at radius 2 is 2.05 bits per heavy atom. The van der Waals surface area contributed by atoms with E-state index in [2.05, 4.69) is 46.1 Å². The summed E-state index contributed by atoms with van der Waals surface area (Å²) < 4.78 is 6.54. The second-order valence-electron chi connectivity index (χ2n) is 4.62. The standard InChI is InChI=1S/C15H19BrN2OS/c1-18(10-11-5-3-4-6-13(11)19-2)12(9-17)14-7-8-15(16)20-14/h3-8,12H,9-10,17H2,1-2H3. The molecule has 1 unspecified atom stereocenters. The van der Waals surface area contributed by atoms with Crippen molar-refractivity contribution in [2.24, 2.45) is 5.73 Å². The van der Waals surface area contributed by atoms with Crippen LogP contribution in [0.25, 0.3) is 0 Å². The number of nitrogens with two attached hydrogens (primary N) is 1. The van der Waals surface area contributed by atoms with Crippen LogP contribution in [0.3, 0.4) is 0 Å². The predicted molar refractivity (Wildman–Crippen MR) is 88.3 cm³/mol. The number of rotatable bonds is 6. The van der Waals surface area contributed by atoms with Gasteiger partial charge >= 0.3 is 0 Å². The number of hydrogen-bond donors (Lipinski definition) is 1. The second-order valence-corrected chi connectivity index (χ2v) is 7.11. The van der Waals surface area contributed by atoms with Gasteiger partial charge in [0.1, 0.15) is 5.75 Å². The third-order valence-corrected chi connectivity index (χ3v) is 5.01. The summed E-state index contributed by atoms with van der Waals surface area (Å²) in [6.07, 6.45) is 0. The third kappa shape index (κ3) is 3.61. The Labute approximate surface area is 132 Å².